The van der Waals surface area contributed by atoms with Crippen LogP contribution in [0.1, 0.15) is 29.5 Å². The van der Waals surface area contributed by atoms with Gasteiger partial charge in [-0.15, -0.1) is 11.6 Å². The van der Waals surface area contributed by atoms with Gasteiger partial charge in [0.05, 0.1) is 0 Å². The highest BCUT2D eigenvalue weighted by Gasteiger charge is 2.03. The van der Waals surface area contributed by atoms with E-state index >= 15 is 0 Å². The molecule has 66 valence electrons. The van der Waals surface area contributed by atoms with E-state index in [-0.39, 0.29) is 0 Å². The number of aryl methyl sites for hydroxylation is 2. The zero-order chi connectivity index (χ0) is 9.14. The second-order valence-electron chi connectivity index (χ2n) is 3.40. The van der Waals surface area contributed by atoms with Crippen molar-refractivity contribution in [3.05, 3.63) is 34.9 Å². The van der Waals surface area contributed by atoms with Crippen molar-refractivity contribution in [1.29, 1.82) is 0 Å². The van der Waals surface area contributed by atoms with Crippen LogP contribution in [0.15, 0.2) is 18.2 Å². The van der Waals surface area contributed by atoms with Crippen LogP contribution in [0.3, 0.4) is 0 Å². The highest BCUT2D eigenvalue weighted by molar-refractivity contribution is 6.18. The summed E-state index contributed by atoms with van der Waals surface area (Å²) in [6.45, 7) is 6.42. The van der Waals surface area contributed by atoms with Gasteiger partial charge in [0.2, 0.25) is 0 Å². The summed E-state index contributed by atoms with van der Waals surface area (Å²) in [5.74, 6) is 1.16. The Morgan fingerprint density at radius 1 is 1.25 bits per heavy atom. The smallest absolute Gasteiger partial charge is 0.0289 e. The quantitative estimate of drug-likeness (QED) is 0.613. The Labute approximate surface area is 79.6 Å². The summed E-state index contributed by atoms with van der Waals surface area (Å²) in [7, 11) is 0. The molecule has 1 unspecified atom stereocenters. The molecule has 1 rings (SSSR count). The summed E-state index contributed by atoms with van der Waals surface area (Å²) in [6, 6.07) is 6.55. The molecule has 1 atom stereocenters. The zero-order valence-electron chi connectivity index (χ0n) is 7.89. The molecule has 0 amide bonds. The standard InChI is InChI=1S/C11H15Cl/c1-8-4-5-11(6-9(8)2)10(3)7-12/h4-6,10H,7H2,1-3H3. The van der Waals surface area contributed by atoms with Crippen LogP contribution in [0, 0.1) is 13.8 Å². The Morgan fingerprint density at radius 2 is 1.92 bits per heavy atom. The Morgan fingerprint density at radius 3 is 2.42 bits per heavy atom. The molecule has 1 aromatic carbocycles. The summed E-state index contributed by atoms with van der Waals surface area (Å²) >= 11 is 5.78. The van der Waals surface area contributed by atoms with Gasteiger partial charge in [0.25, 0.3) is 0 Å². The zero-order valence-corrected chi connectivity index (χ0v) is 8.65. The Hall–Kier alpha value is -0.490. The van der Waals surface area contributed by atoms with Crippen LogP contribution in [0.5, 0.6) is 0 Å². The third-order valence-electron chi connectivity index (χ3n) is 2.33. The molecule has 0 saturated heterocycles. The summed E-state index contributed by atoms with van der Waals surface area (Å²) in [6.07, 6.45) is 0. The van der Waals surface area contributed by atoms with Gasteiger partial charge in [-0.1, -0.05) is 25.1 Å². The minimum Gasteiger partial charge on any atom is -0.126 e. The molecular weight excluding hydrogens is 168 g/mol. The first kappa shape index (κ1) is 9.60. The molecule has 0 nitrogen and oxygen atoms in total. The lowest BCUT2D eigenvalue weighted by Gasteiger charge is -2.09. The minimum atomic E-state index is 0.464. The third-order valence-corrected chi connectivity index (χ3v) is 2.79. The highest BCUT2D eigenvalue weighted by Crippen LogP contribution is 2.19. The van der Waals surface area contributed by atoms with E-state index in [2.05, 4.69) is 39.0 Å². The minimum absolute atomic E-state index is 0.464. The van der Waals surface area contributed by atoms with Crippen LogP contribution >= 0.6 is 11.6 Å². The highest BCUT2D eigenvalue weighted by atomic mass is 35.5. The lowest BCUT2D eigenvalue weighted by Crippen LogP contribution is -1.95. The fourth-order valence-corrected chi connectivity index (χ4v) is 1.34. The molecule has 0 bridgehead atoms. The normalized spacial score (nSPS) is 13.0. The number of hydrogen-bond donors (Lipinski definition) is 0. The van der Waals surface area contributed by atoms with Crippen molar-refractivity contribution in [1.82, 2.24) is 0 Å². The molecule has 0 saturated carbocycles. The van der Waals surface area contributed by atoms with Crippen molar-refractivity contribution in [2.24, 2.45) is 0 Å². The number of rotatable bonds is 2. The van der Waals surface area contributed by atoms with E-state index in [0.717, 1.165) is 0 Å². The molecular formula is C11H15Cl. The predicted octanol–water partition coefficient (Wildman–Crippen LogP) is 3.65. The molecule has 0 N–H and O–H groups in total. The van der Waals surface area contributed by atoms with Gasteiger partial charge in [0, 0.05) is 5.88 Å². The maximum absolute atomic E-state index is 5.78. The molecule has 1 aromatic rings. The second kappa shape index (κ2) is 3.95. The Bertz CT molecular complexity index is 266. The van der Waals surface area contributed by atoms with Crippen molar-refractivity contribution in [3.63, 3.8) is 0 Å². The van der Waals surface area contributed by atoms with Gasteiger partial charge in [-0.2, -0.15) is 0 Å². The molecule has 0 aliphatic carbocycles. The molecule has 12 heavy (non-hydrogen) atoms. The van der Waals surface area contributed by atoms with Gasteiger partial charge < -0.3 is 0 Å². The Balaban J connectivity index is 2.96. The fraction of sp³-hybridized carbons (Fsp3) is 0.455. The van der Waals surface area contributed by atoms with E-state index in [4.69, 9.17) is 11.6 Å². The Kier molecular flexibility index (Phi) is 3.16. The van der Waals surface area contributed by atoms with Crippen LogP contribution in [0.4, 0.5) is 0 Å². The molecule has 0 aliphatic rings. The molecule has 0 spiro atoms. The van der Waals surface area contributed by atoms with Gasteiger partial charge in [0.15, 0.2) is 0 Å². The van der Waals surface area contributed by atoms with E-state index in [1.54, 1.807) is 0 Å². The number of hydrogen-bond acceptors (Lipinski definition) is 0. The van der Waals surface area contributed by atoms with Crippen LogP contribution in [-0.2, 0) is 0 Å². The van der Waals surface area contributed by atoms with Crippen molar-refractivity contribution in [2.45, 2.75) is 26.7 Å². The molecule has 0 radical (unpaired) electrons. The topological polar surface area (TPSA) is 0 Å². The molecule has 1 heteroatoms. The first-order valence-corrected chi connectivity index (χ1v) is 4.81. The largest absolute Gasteiger partial charge is 0.126 e. The molecule has 0 aromatic heterocycles. The van der Waals surface area contributed by atoms with Crippen LogP contribution in [0.25, 0.3) is 0 Å². The van der Waals surface area contributed by atoms with Gasteiger partial charge >= 0.3 is 0 Å². The van der Waals surface area contributed by atoms with Crippen LogP contribution < -0.4 is 0 Å². The maximum Gasteiger partial charge on any atom is 0.0289 e. The average Bonchev–Trinajstić information content (AvgIpc) is 2.08. The lowest BCUT2D eigenvalue weighted by atomic mass is 9.98. The summed E-state index contributed by atoms with van der Waals surface area (Å²) < 4.78 is 0. The van der Waals surface area contributed by atoms with E-state index in [0.29, 0.717) is 11.8 Å². The monoisotopic (exact) mass is 182 g/mol. The maximum atomic E-state index is 5.78. The fourth-order valence-electron chi connectivity index (χ4n) is 1.16. The van der Waals surface area contributed by atoms with Crippen molar-refractivity contribution in [2.75, 3.05) is 5.88 Å². The van der Waals surface area contributed by atoms with Gasteiger partial charge in [-0.25, -0.2) is 0 Å². The predicted molar refractivity (Wildman–Crippen MR) is 55.1 cm³/mol. The van der Waals surface area contributed by atoms with E-state index in [1.807, 2.05) is 0 Å². The number of benzene rings is 1. The summed E-state index contributed by atoms with van der Waals surface area (Å²) in [4.78, 5) is 0. The van der Waals surface area contributed by atoms with Crippen LogP contribution in [0.2, 0.25) is 0 Å². The average molecular weight is 183 g/mol. The number of halogens is 1. The van der Waals surface area contributed by atoms with Crippen molar-refractivity contribution < 1.29 is 0 Å². The van der Waals surface area contributed by atoms with E-state index < -0.39 is 0 Å². The van der Waals surface area contributed by atoms with E-state index in [9.17, 15) is 0 Å². The molecule has 0 aliphatic heterocycles. The number of alkyl halides is 1. The second-order valence-corrected chi connectivity index (χ2v) is 3.71. The van der Waals surface area contributed by atoms with Gasteiger partial charge in [0.1, 0.15) is 0 Å². The summed E-state index contributed by atoms with van der Waals surface area (Å²) in [5.41, 5.74) is 4.04. The van der Waals surface area contributed by atoms with Crippen LogP contribution in [-0.4, -0.2) is 5.88 Å². The van der Waals surface area contributed by atoms with E-state index in [1.165, 1.54) is 16.7 Å². The first-order chi connectivity index (χ1) is 5.65. The van der Waals surface area contributed by atoms with Crippen molar-refractivity contribution in [3.8, 4) is 0 Å². The van der Waals surface area contributed by atoms with Gasteiger partial charge in [-0.3, -0.25) is 0 Å². The molecule has 0 fully saturated rings. The van der Waals surface area contributed by atoms with Crippen molar-refractivity contribution >= 4 is 11.6 Å². The van der Waals surface area contributed by atoms with Gasteiger partial charge in [-0.05, 0) is 36.5 Å². The lowest BCUT2D eigenvalue weighted by molar-refractivity contribution is 0.872. The summed E-state index contributed by atoms with van der Waals surface area (Å²) in [5, 5.41) is 0. The first-order valence-electron chi connectivity index (χ1n) is 4.28. The molecule has 0 heterocycles. The third kappa shape index (κ3) is 2.01. The SMILES string of the molecule is Cc1ccc(C(C)CCl)cc1C.